The number of amides is 1. The molecule has 0 saturated heterocycles. The summed E-state index contributed by atoms with van der Waals surface area (Å²) in [7, 11) is 0. The molecule has 0 aliphatic rings. The van der Waals surface area contributed by atoms with Gasteiger partial charge >= 0.3 is 0 Å². The van der Waals surface area contributed by atoms with E-state index in [-0.39, 0.29) is 23.7 Å². The molecule has 1 heterocycles. The zero-order valence-corrected chi connectivity index (χ0v) is 15.1. The van der Waals surface area contributed by atoms with E-state index in [0.29, 0.717) is 21.1 Å². The molecule has 1 N–H and O–H groups in total. The van der Waals surface area contributed by atoms with Gasteiger partial charge < -0.3 is 4.74 Å². The molecule has 0 fully saturated rings. The second-order valence-electron chi connectivity index (χ2n) is 6.74. The number of carbonyl (C=O) groups is 1. The molecule has 4 nitrogen and oxygen atoms in total. The summed E-state index contributed by atoms with van der Waals surface area (Å²) in [4.78, 5) is 16.3. The highest BCUT2D eigenvalue weighted by molar-refractivity contribution is 7.22. The molecule has 0 saturated carbocycles. The van der Waals surface area contributed by atoms with E-state index in [1.165, 1.54) is 29.0 Å². The summed E-state index contributed by atoms with van der Waals surface area (Å²) in [5, 5.41) is 3.11. The Bertz CT molecular complexity index is 898. The summed E-state index contributed by atoms with van der Waals surface area (Å²) in [5.41, 5.74) is 1.92. The number of ether oxygens (including phenoxy) is 1. The van der Waals surface area contributed by atoms with Crippen molar-refractivity contribution in [1.82, 2.24) is 4.98 Å². The molecule has 3 rings (SSSR count). The Morgan fingerprint density at radius 2 is 1.92 bits per heavy atom. The van der Waals surface area contributed by atoms with Gasteiger partial charge in [-0.3, -0.25) is 10.1 Å². The lowest BCUT2D eigenvalue weighted by Crippen LogP contribution is -2.20. The lowest BCUT2D eigenvalue weighted by Gasteiger charge is -2.19. The van der Waals surface area contributed by atoms with Crippen LogP contribution in [0.3, 0.4) is 0 Å². The van der Waals surface area contributed by atoms with E-state index >= 15 is 0 Å². The molecule has 0 aliphatic heterocycles. The number of nitrogens with zero attached hydrogens (tertiary/aromatic N) is 1. The highest BCUT2D eigenvalue weighted by Gasteiger charge is 2.13. The molecule has 6 heteroatoms. The van der Waals surface area contributed by atoms with Crippen molar-refractivity contribution in [2.24, 2.45) is 0 Å². The average Bonchev–Trinajstić information content (AvgIpc) is 2.93. The van der Waals surface area contributed by atoms with Gasteiger partial charge in [-0.2, -0.15) is 0 Å². The SMILES string of the molecule is CC(C)(C)c1ccc(OCC(=O)Nc2nc3ccc(F)cc3s2)cc1. The fourth-order valence-electron chi connectivity index (χ4n) is 2.31. The third kappa shape index (κ3) is 4.33. The van der Waals surface area contributed by atoms with E-state index in [9.17, 15) is 9.18 Å². The summed E-state index contributed by atoms with van der Waals surface area (Å²) in [6.45, 7) is 6.31. The quantitative estimate of drug-likeness (QED) is 0.732. The number of benzene rings is 2. The highest BCUT2D eigenvalue weighted by atomic mass is 32.1. The third-order valence-electron chi connectivity index (χ3n) is 3.69. The van der Waals surface area contributed by atoms with Crippen molar-refractivity contribution in [2.45, 2.75) is 26.2 Å². The Hall–Kier alpha value is -2.47. The minimum atomic E-state index is -0.323. The van der Waals surface area contributed by atoms with Crippen LogP contribution in [0.4, 0.5) is 9.52 Å². The number of fused-ring (bicyclic) bond motifs is 1. The zero-order valence-electron chi connectivity index (χ0n) is 14.3. The summed E-state index contributed by atoms with van der Waals surface area (Å²) in [6.07, 6.45) is 0. The standard InChI is InChI=1S/C19H19FN2O2S/c1-19(2,3)12-4-7-14(8-5-12)24-11-17(23)22-18-21-15-9-6-13(20)10-16(15)25-18/h4-10H,11H2,1-3H3,(H,21,22,23). The Labute approximate surface area is 149 Å². The smallest absolute Gasteiger partial charge is 0.264 e. The van der Waals surface area contributed by atoms with E-state index in [4.69, 9.17) is 4.74 Å². The van der Waals surface area contributed by atoms with Crippen LogP contribution in [-0.2, 0) is 10.2 Å². The van der Waals surface area contributed by atoms with Crippen molar-refractivity contribution in [3.05, 3.63) is 53.8 Å². The Balaban J connectivity index is 1.58. The van der Waals surface area contributed by atoms with Gasteiger partial charge in [0, 0.05) is 0 Å². The first-order valence-corrected chi connectivity index (χ1v) is 8.72. The molecule has 0 aliphatic carbocycles. The first-order chi connectivity index (χ1) is 11.8. The first-order valence-electron chi connectivity index (χ1n) is 7.90. The van der Waals surface area contributed by atoms with Crippen molar-refractivity contribution in [2.75, 3.05) is 11.9 Å². The van der Waals surface area contributed by atoms with Crippen molar-refractivity contribution in [3.63, 3.8) is 0 Å². The number of halogens is 1. The maximum Gasteiger partial charge on any atom is 0.264 e. The first kappa shape index (κ1) is 17.4. The molecule has 2 aromatic carbocycles. The van der Waals surface area contributed by atoms with Gasteiger partial charge in [0.15, 0.2) is 11.7 Å². The average molecular weight is 358 g/mol. The third-order valence-corrected chi connectivity index (χ3v) is 4.62. The lowest BCUT2D eigenvalue weighted by molar-refractivity contribution is -0.118. The van der Waals surface area contributed by atoms with Gasteiger partial charge in [-0.15, -0.1) is 0 Å². The Kier molecular flexibility index (Phi) is 4.72. The van der Waals surface area contributed by atoms with Gasteiger partial charge in [-0.1, -0.05) is 44.2 Å². The molecule has 1 aromatic heterocycles. The van der Waals surface area contributed by atoms with Gasteiger partial charge in [0.2, 0.25) is 0 Å². The van der Waals surface area contributed by atoms with Crippen molar-refractivity contribution >= 4 is 32.6 Å². The second-order valence-corrected chi connectivity index (χ2v) is 7.77. The summed E-state index contributed by atoms with van der Waals surface area (Å²) in [5.74, 6) is 0.00464. The highest BCUT2D eigenvalue weighted by Crippen LogP contribution is 2.27. The van der Waals surface area contributed by atoms with E-state index in [0.717, 1.165) is 0 Å². The van der Waals surface area contributed by atoms with Gasteiger partial charge in [0.1, 0.15) is 11.6 Å². The molecule has 0 radical (unpaired) electrons. The van der Waals surface area contributed by atoms with Crippen molar-refractivity contribution in [1.29, 1.82) is 0 Å². The van der Waals surface area contributed by atoms with Crippen molar-refractivity contribution in [3.8, 4) is 5.75 Å². The molecular formula is C19H19FN2O2S. The normalized spacial score (nSPS) is 11.5. The van der Waals surface area contributed by atoms with Crippen LogP contribution < -0.4 is 10.1 Å². The molecule has 1 amide bonds. The van der Waals surface area contributed by atoms with Crippen LogP contribution in [0, 0.1) is 5.82 Å². The predicted octanol–water partition coefficient (Wildman–Crippen LogP) is 4.75. The summed E-state index contributed by atoms with van der Waals surface area (Å²) < 4.78 is 19.4. The minimum Gasteiger partial charge on any atom is -0.484 e. The molecule has 0 atom stereocenters. The van der Waals surface area contributed by atoms with E-state index in [1.54, 1.807) is 6.07 Å². The molecule has 0 bridgehead atoms. The Morgan fingerprint density at radius 3 is 2.60 bits per heavy atom. The zero-order chi connectivity index (χ0) is 18.0. The van der Waals surface area contributed by atoms with Crippen LogP contribution in [0.1, 0.15) is 26.3 Å². The molecule has 3 aromatic rings. The van der Waals surface area contributed by atoms with Gasteiger partial charge in [-0.05, 0) is 41.3 Å². The molecule has 0 spiro atoms. The number of thiazole rings is 1. The predicted molar refractivity (Wildman–Crippen MR) is 98.8 cm³/mol. The van der Waals surface area contributed by atoms with Gasteiger partial charge in [0.25, 0.3) is 5.91 Å². The van der Waals surface area contributed by atoms with Crippen molar-refractivity contribution < 1.29 is 13.9 Å². The van der Waals surface area contributed by atoms with Crippen LogP contribution in [-0.4, -0.2) is 17.5 Å². The second kappa shape index (κ2) is 6.80. The van der Waals surface area contributed by atoms with E-state index in [2.05, 4.69) is 31.1 Å². The molecule has 25 heavy (non-hydrogen) atoms. The molecule has 130 valence electrons. The van der Waals surface area contributed by atoms with Crippen LogP contribution in [0.2, 0.25) is 0 Å². The maximum atomic E-state index is 13.2. The van der Waals surface area contributed by atoms with Crippen LogP contribution in [0.25, 0.3) is 10.2 Å². The number of carbonyl (C=O) groups excluding carboxylic acids is 1. The number of nitrogens with one attached hydrogen (secondary N) is 1. The van der Waals surface area contributed by atoms with Crippen LogP contribution >= 0.6 is 11.3 Å². The van der Waals surface area contributed by atoms with E-state index < -0.39 is 0 Å². The topological polar surface area (TPSA) is 51.2 Å². The monoisotopic (exact) mass is 358 g/mol. The van der Waals surface area contributed by atoms with E-state index in [1.807, 2.05) is 24.3 Å². The van der Waals surface area contributed by atoms with Crippen LogP contribution in [0.15, 0.2) is 42.5 Å². The fraction of sp³-hybridized carbons (Fsp3) is 0.263. The summed E-state index contributed by atoms with van der Waals surface area (Å²) in [6, 6.07) is 12.0. The number of hydrogen-bond acceptors (Lipinski definition) is 4. The number of hydrogen-bond donors (Lipinski definition) is 1. The molecular weight excluding hydrogens is 339 g/mol. The van der Waals surface area contributed by atoms with Gasteiger partial charge in [0.05, 0.1) is 10.2 Å². The number of anilines is 1. The maximum absolute atomic E-state index is 13.2. The largest absolute Gasteiger partial charge is 0.484 e. The molecule has 0 unspecified atom stereocenters. The fourth-order valence-corrected chi connectivity index (χ4v) is 3.21. The summed E-state index contributed by atoms with van der Waals surface area (Å²) >= 11 is 1.23. The van der Waals surface area contributed by atoms with Crippen LogP contribution in [0.5, 0.6) is 5.75 Å². The minimum absolute atomic E-state index is 0.0717. The number of rotatable bonds is 4. The lowest BCUT2D eigenvalue weighted by atomic mass is 9.87. The Morgan fingerprint density at radius 1 is 1.20 bits per heavy atom. The number of aromatic nitrogens is 1. The van der Waals surface area contributed by atoms with Gasteiger partial charge in [-0.25, -0.2) is 9.37 Å².